The molecule has 1 aromatic rings. The van der Waals surface area contributed by atoms with E-state index >= 15 is 0 Å². The van der Waals surface area contributed by atoms with E-state index in [0.29, 0.717) is 31.1 Å². The van der Waals surface area contributed by atoms with Crippen molar-refractivity contribution in [2.75, 3.05) is 24.6 Å². The van der Waals surface area contributed by atoms with E-state index in [1.54, 1.807) is 6.20 Å². The molecule has 1 saturated heterocycles. The molecule has 0 spiro atoms. The molecule has 0 aliphatic carbocycles. The largest absolute Gasteiger partial charge is 0.360 e. The molecule has 1 aliphatic rings. The maximum Gasteiger partial charge on any atom is 0.161 e. The predicted octanol–water partition coefficient (Wildman–Crippen LogP) is 0.990. The highest BCUT2D eigenvalue weighted by Crippen LogP contribution is 2.21. The second-order valence-electron chi connectivity index (χ2n) is 3.87. The van der Waals surface area contributed by atoms with Crippen LogP contribution in [0.3, 0.4) is 0 Å². The van der Waals surface area contributed by atoms with E-state index in [0.717, 1.165) is 5.56 Å². The number of ether oxygens (including phenoxy) is 1. The van der Waals surface area contributed by atoms with Gasteiger partial charge in [-0.05, 0) is 18.6 Å². The zero-order chi connectivity index (χ0) is 12.3. The minimum absolute atomic E-state index is 0.447. The van der Waals surface area contributed by atoms with Gasteiger partial charge in [0.1, 0.15) is 11.9 Å². The van der Waals surface area contributed by atoms with Crippen LogP contribution in [0.25, 0.3) is 0 Å². The second-order valence-corrected chi connectivity index (χ2v) is 3.87. The van der Waals surface area contributed by atoms with Crippen LogP contribution in [-0.4, -0.2) is 30.8 Å². The van der Waals surface area contributed by atoms with Gasteiger partial charge in [0.2, 0.25) is 0 Å². The van der Waals surface area contributed by atoms with Crippen molar-refractivity contribution in [2.45, 2.75) is 13.0 Å². The molecule has 17 heavy (non-hydrogen) atoms. The van der Waals surface area contributed by atoms with Gasteiger partial charge in [-0.25, -0.2) is 4.98 Å². The van der Waals surface area contributed by atoms with Crippen LogP contribution in [0, 0.1) is 29.6 Å². The quantitative estimate of drug-likeness (QED) is 0.716. The third-order valence-electron chi connectivity index (χ3n) is 2.76. The molecular weight excluding hydrogens is 216 g/mol. The Bertz CT molecular complexity index is 500. The molecule has 1 aliphatic heterocycles. The number of aromatic nitrogens is 1. The normalized spacial score (nSPS) is 19.5. The monoisotopic (exact) mass is 228 g/mol. The summed E-state index contributed by atoms with van der Waals surface area (Å²) in [6.45, 7) is 3.48. The topological polar surface area (TPSA) is 72.9 Å². The SMILES string of the molecule is Cc1ccnc(N2CCOC(C#N)C2)c1C#N. The third-order valence-corrected chi connectivity index (χ3v) is 2.76. The van der Waals surface area contributed by atoms with Crippen LogP contribution in [0.4, 0.5) is 5.82 Å². The number of rotatable bonds is 1. The van der Waals surface area contributed by atoms with Crippen LogP contribution in [0.15, 0.2) is 12.3 Å². The van der Waals surface area contributed by atoms with Crippen LogP contribution < -0.4 is 4.90 Å². The molecule has 0 amide bonds. The lowest BCUT2D eigenvalue weighted by molar-refractivity contribution is 0.0761. The average molecular weight is 228 g/mol. The van der Waals surface area contributed by atoms with Crippen molar-refractivity contribution >= 4 is 5.82 Å². The smallest absolute Gasteiger partial charge is 0.161 e. The first-order valence-corrected chi connectivity index (χ1v) is 5.38. The Labute approximate surface area is 99.9 Å². The van der Waals surface area contributed by atoms with E-state index in [4.69, 9.17) is 15.3 Å². The third kappa shape index (κ3) is 2.20. The van der Waals surface area contributed by atoms with Crippen LogP contribution in [0.2, 0.25) is 0 Å². The van der Waals surface area contributed by atoms with E-state index < -0.39 is 6.10 Å². The Morgan fingerprint density at radius 1 is 1.53 bits per heavy atom. The van der Waals surface area contributed by atoms with Gasteiger partial charge >= 0.3 is 0 Å². The standard InChI is InChI=1S/C12H12N4O/c1-9-2-3-15-12(11(9)7-14)16-4-5-17-10(6-13)8-16/h2-3,10H,4-5,8H2,1H3. The lowest BCUT2D eigenvalue weighted by atomic mass is 10.1. The summed E-state index contributed by atoms with van der Waals surface area (Å²) in [5.41, 5.74) is 1.48. The van der Waals surface area contributed by atoms with Crippen molar-refractivity contribution in [3.63, 3.8) is 0 Å². The van der Waals surface area contributed by atoms with Gasteiger partial charge in [-0.3, -0.25) is 0 Å². The van der Waals surface area contributed by atoms with Crippen molar-refractivity contribution in [2.24, 2.45) is 0 Å². The van der Waals surface area contributed by atoms with Crippen LogP contribution >= 0.6 is 0 Å². The highest BCUT2D eigenvalue weighted by molar-refractivity contribution is 5.57. The van der Waals surface area contributed by atoms with E-state index in [-0.39, 0.29) is 0 Å². The van der Waals surface area contributed by atoms with Crippen molar-refractivity contribution in [3.8, 4) is 12.1 Å². The molecule has 86 valence electrons. The Morgan fingerprint density at radius 2 is 2.35 bits per heavy atom. The summed E-state index contributed by atoms with van der Waals surface area (Å²) in [5, 5.41) is 18.0. The van der Waals surface area contributed by atoms with Gasteiger partial charge in [-0.15, -0.1) is 0 Å². The predicted molar refractivity (Wildman–Crippen MR) is 61.3 cm³/mol. The van der Waals surface area contributed by atoms with Crippen LogP contribution in [0.5, 0.6) is 0 Å². The van der Waals surface area contributed by atoms with Crippen molar-refractivity contribution in [3.05, 3.63) is 23.4 Å². The van der Waals surface area contributed by atoms with Crippen LogP contribution in [0.1, 0.15) is 11.1 Å². The number of aryl methyl sites for hydroxylation is 1. The van der Waals surface area contributed by atoms with Crippen molar-refractivity contribution in [1.82, 2.24) is 4.98 Å². The number of nitriles is 2. The molecule has 2 heterocycles. The molecule has 1 atom stereocenters. The zero-order valence-corrected chi connectivity index (χ0v) is 9.55. The van der Waals surface area contributed by atoms with Gasteiger partial charge in [0.25, 0.3) is 0 Å². The van der Waals surface area contributed by atoms with E-state index in [9.17, 15) is 0 Å². The molecule has 0 saturated carbocycles. The summed E-state index contributed by atoms with van der Waals surface area (Å²) in [7, 11) is 0. The number of morpholine rings is 1. The number of hydrogen-bond acceptors (Lipinski definition) is 5. The van der Waals surface area contributed by atoms with E-state index in [1.807, 2.05) is 17.9 Å². The van der Waals surface area contributed by atoms with Crippen molar-refractivity contribution < 1.29 is 4.74 Å². The molecule has 0 bridgehead atoms. The second kappa shape index (κ2) is 4.82. The minimum atomic E-state index is -0.447. The average Bonchev–Trinajstić information content (AvgIpc) is 2.38. The molecule has 1 fully saturated rings. The molecule has 5 nitrogen and oxygen atoms in total. The Morgan fingerprint density at radius 3 is 3.06 bits per heavy atom. The molecule has 0 aromatic carbocycles. The summed E-state index contributed by atoms with van der Waals surface area (Å²) >= 11 is 0. The first-order valence-electron chi connectivity index (χ1n) is 5.38. The molecule has 2 rings (SSSR count). The van der Waals surface area contributed by atoms with Gasteiger partial charge in [-0.1, -0.05) is 0 Å². The van der Waals surface area contributed by atoms with Gasteiger partial charge in [0.05, 0.1) is 24.8 Å². The summed E-state index contributed by atoms with van der Waals surface area (Å²) in [6, 6.07) is 6.06. The molecular formula is C12H12N4O. The maximum absolute atomic E-state index is 9.14. The fraction of sp³-hybridized carbons (Fsp3) is 0.417. The summed E-state index contributed by atoms with van der Waals surface area (Å²) in [6.07, 6.45) is 1.24. The Balaban J connectivity index is 2.32. The number of anilines is 1. The minimum Gasteiger partial charge on any atom is -0.360 e. The molecule has 1 aromatic heterocycles. The lowest BCUT2D eigenvalue weighted by Crippen LogP contribution is -2.42. The van der Waals surface area contributed by atoms with Gasteiger partial charge in [-0.2, -0.15) is 10.5 Å². The van der Waals surface area contributed by atoms with Crippen LogP contribution in [-0.2, 0) is 4.74 Å². The highest BCUT2D eigenvalue weighted by atomic mass is 16.5. The Kier molecular flexibility index (Phi) is 3.22. The van der Waals surface area contributed by atoms with E-state index in [1.165, 1.54) is 0 Å². The molecule has 1 unspecified atom stereocenters. The summed E-state index contributed by atoms with van der Waals surface area (Å²) in [5.74, 6) is 0.649. The highest BCUT2D eigenvalue weighted by Gasteiger charge is 2.23. The number of hydrogen-bond donors (Lipinski definition) is 0. The van der Waals surface area contributed by atoms with Gasteiger partial charge in [0.15, 0.2) is 6.10 Å². The fourth-order valence-electron chi connectivity index (χ4n) is 1.84. The molecule has 5 heteroatoms. The molecule has 0 N–H and O–H groups in total. The summed E-state index contributed by atoms with van der Waals surface area (Å²) < 4.78 is 5.27. The zero-order valence-electron chi connectivity index (χ0n) is 9.55. The summed E-state index contributed by atoms with van der Waals surface area (Å²) in [4.78, 5) is 6.17. The number of pyridine rings is 1. The van der Waals surface area contributed by atoms with E-state index in [2.05, 4.69) is 17.1 Å². The van der Waals surface area contributed by atoms with Crippen molar-refractivity contribution in [1.29, 1.82) is 10.5 Å². The Hall–Kier alpha value is -2.11. The lowest BCUT2D eigenvalue weighted by Gasteiger charge is -2.31. The fourth-order valence-corrected chi connectivity index (χ4v) is 1.84. The number of nitrogens with zero attached hydrogens (tertiary/aromatic N) is 4. The maximum atomic E-state index is 9.14. The molecule has 0 radical (unpaired) electrons. The van der Waals surface area contributed by atoms with Gasteiger partial charge < -0.3 is 9.64 Å². The first kappa shape index (κ1) is 11.4. The van der Waals surface area contributed by atoms with Gasteiger partial charge in [0, 0.05) is 12.7 Å². The first-order chi connectivity index (χ1) is 8.26.